The second-order valence-electron chi connectivity index (χ2n) is 5.01. The van der Waals surface area contributed by atoms with Crippen LogP contribution in [0.25, 0.3) is 0 Å². The third-order valence-corrected chi connectivity index (χ3v) is 5.29. The molecule has 0 heterocycles. The van der Waals surface area contributed by atoms with Gasteiger partial charge in [0.15, 0.2) is 0 Å². The molecular weight excluding hydrogens is 387 g/mol. The summed E-state index contributed by atoms with van der Waals surface area (Å²) in [4.78, 5) is 11.9. The molecule has 0 aliphatic heterocycles. The fourth-order valence-corrected chi connectivity index (χ4v) is 3.38. The van der Waals surface area contributed by atoms with Gasteiger partial charge in [0.25, 0.3) is 0 Å². The van der Waals surface area contributed by atoms with E-state index in [4.69, 9.17) is 27.9 Å². The Bertz CT molecular complexity index is 855. The minimum Gasteiger partial charge on any atom is -0.497 e. The van der Waals surface area contributed by atoms with E-state index >= 15 is 0 Å². The van der Waals surface area contributed by atoms with Gasteiger partial charge < -0.3 is 10.1 Å². The number of rotatable bonds is 7. The summed E-state index contributed by atoms with van der Waals surface area (Å²) >= 11 is 11.8. The van der Waals surface area contributed by atoms with Crippen LogP contribution in [0.1, 0.15) is 5.56 Å². The third kappa shape index (κ3) is 5.61. The van der Waals surface area contributed by atoms with Crippen LogP contribution in [0.5, 0.6) is 5.75 Å². The molecular formula is C16H16Cl2N2O4S. The molecule has 134 valence electrons. The molecule has 1 amide bonds. The van der Waals surface area contributed by atoms with E-state index in [1.807, 2.05) is 0 Å². The molecule has 0 saturated heterocycles. The zero-order valence-corrected chi connectivity index (χ0v) is 15.6. The number of carbonyl (C=O) groups excluding carboxylic acids is 1. The summed E-state index contributed by atoms with van der Waals surface area (Å²) in [5.41, 5.74) is 0.678. The van der Waals surface area contributed by atoms with E-state index in [1.54, 1.807) is 18.2 Å². The first-order valence-electron chi connectivity index (χ1n) is 7.16. The number of methoxy groups -OCH3 is 1. The molecule has 0 aliphatic carbocycles. The Kier molecular flexibility index (Phi) is 6.66. The summed E-state index contributed by atoms with van der Waals surface area (Å²) < 4.78 is 31.5. The molecule has 0 aromatic heterocycles. The summed E-state index contributed by atoms with van der Waals surface area (Å²) in [7, 11) is -2.30. The Hall–Kier alpha value is -1.80. The number of ether oxygens (including phenoxy) is 1. The van der Waals surface area contributed by atoms with Crippen LogP contribution < -0.4 is 14.8 Å². The molecule has 0 unspecified atom stereocenters. The van der Waals surface area contributed by atoms with E-state index < -0.39 is 15.9 Å². The van der Waals surface area contributed by atoms with Crippen molar-refractivity contribution in [3.63, 3.8) is 0 Å². The molecule has 0 aliphatic rings. The summed E-state index contributed by atoms with van der Waals surface area (Å²) in [5, 5.41) is 3.50. The van der Waals surface area contributed by atoms with Crippen LogP contribution in [-0.2, 0) is 21.4 Å². The summed E-state index contributed by atoms with van der Waals surface area (Å²) in [6, 6.07) is 10.7. The van der Waals surface area contributed by atoms with Gasteiger partial charge in [0, 0.05) is 16.6 Å². The average molecular weight is 403 g/mol. The molecule has 2 aromatic rings. The molecule has 6 nitrogen and oxygen atoms in total. The number of sulfonamides is 1. The molecule has 0 bridgehead atoms. The van der Waals surface area contributed by atoms with Gasteiger partial charge >= 0.3 is 0 Å². The molecule has 9 heteroatoms. The lowest BCUT2D eigenvalue weighted by Crippen LogP contribution is -2.36. The zero-order chi connectivity index (χ0) is 18.4. The van der Waals surface area contributed by atoms with E-state index in [0.717, 1.165) is 0 Å². The van der Waals surface area contributed by atoms with E-state index in [-0.39, 0.29) is 18.0 Å². The van der Waals surface area contributed by atoms with Crippen LogP contribution in [0, 0.1) is 0 Å². The highest BCUT2D eigenvalue weighted by atomic mass is 35.5. The molecule has 25 heavy (non-hydrogen) atoms. The maximum absolute atomic E-state index is 12.1. The van der Waals surface area contributed by atoms with Gasteiger partial charge in [0.1, 0.15) is 5.75 Å². The summed E-state index contributed by atoms with van der Waals surface area (Å²) in [6.07, 6.45) is 0. The molecule has 0 fully saturated rings. The number of nitrogens with one attached hydrogen (secondary N) is 2. The number of carbonyl (C=O) groups is 1. The van der Waals surface area contributed by atoms with Crippen LogP contribution in [-0.4, -0.2) is 28.0 Å². The summed E-state index contributed by atoms with van der Waals surface area (Å²) in [5.74, 6) is 0.0552. The van der Waals surface area contributed by atoms with E-state index in [9.17, 15) is 13.2 Å². The van der Waals surface area contributed by atoms with Crippen molar-refractivity contribution < 1.29 is 17.9 Å². The molecule has 0 spiro atoms. The van der Waals surface area contributed by atoms with Crippen molar-refractivity contribution >= 4 is 39.1 Å². The van der Waals surface area contributed by atoms with Crippen LogP contribution in [0.3, 0.4) is 0 Å². The van der Waals surface area contributed by atoms with Gasteiger partial charge in [-0.05, 0) is 42.0 Å². The smallest absolute Gasteiger partial charge is 0.241 e. The van der Waals surface area contributed by atoms with E-state index in [1.165, 1.54) is 31.4 Å². The van der Waals surface area contributed by atoms with Crippen molar-refractivity contribution in [2.45, 2.75) is 11.4 Å². The lowest BCUT2D eigenvalue weighted by molar-refractivity contribution is -0.120. The quantitative estimate of drug-likeness (QED) is 0.745. The van der Waals surface area contributed by atoms with Crippen molar-refractivity contribution in [3.8, 4) is 5.75 Å². The van der Waals surface area contributed by atoms with Gasteiger partial charge in [-0.1, -0.05) is 29.3 Å². The average Bonchev–Trinajstić information content (AvgIpc) is 2.59. The van der Waals surface area contributed by atoms with E-state index in [2.05, 4.69) is 10.0 Å². The number of hydrogen-bond acceptors (Lipinski definition) is 4. The largest absolute Gasteiger partial charge is 0.497 e. The minimum absolute atomic E-state index is 0.0434. The van der Waals surface area contributed by atoms with Crippen LogP contribution in [0.15, 0.2) is 47.4 Å². The predicted molar refractivity (Wildman–Crippen MR) is 96.5 cm³/mol. The fraction of sp³-hybridized carbons (Fsp3) is 0.188. The predicted octanol–water partition coefficient (Wildman–Crippen LogP) is 2.60. The van der Waals surface area contributed by atoms with Crippen molar-refractivity contribution in [2.24, 2.45) is 0 Å². The van der Waals surface area contributed by atoms with Gasteiger partial charge in [-0.15, -0.1) is 0 Å². The Morgan fingerprint density at radius 3 is 2.40 bits per heavy atom. The van der Waals surface area contributed by atoms with Crippen LogP contribution in [0.4, 0.5) is 0 Å². The first kappa shape index (κ1) is 19.5. The molecule has 2 N–H and O–H groups in total. The first-order chi connectivity index (χ1) is 11.8. The zero-order valence-electron chi connectivity index (χ0n) is 13.3. The van der Waals surface area contributed by atoms with Gasteiger partial charge in [-0.3, -0.25) is 4.79 Å². The Morgan fingerprint density at radius 1 is 1.12 bits per heavy atom. The number of hydrogen-bond donors (Lipinski definition) is 2. The van der Waals surface area contributed by atoms with Crippen molar-refractivity contribution in [1.82, 2.24) is 10.0 Å². The minimum atomic E-state index is -3.79. The SMILES string of the molecule is COc1ccc(S(=O)(=O)NCC(=O)NCc2ccc(Cl)cc2Cl)cc1. The van der Waals surface area contributed by atoms with Gasteiger partial charge in [0.05, 0.1) is 18.6 Å². The highest BCUT2D eigenvalue weighted by molar-refractivity contribution is 7.89. The normalized spacial score (nSPS) is 11.2. The Balaban J connectivity index is 1.89. The molecule has 0 saturated carbocycles. The Labute approximate surface area is 156 Å². The van der Waals surface area contributed by atoms with E-state index in [0.29, 0.717) is 21.4 Å². The maximum atomic E-state index is 12.1. The topological polar surface area (TPSA) is 84.5 Å². The third-order valence-electron chi connectivity index (χ3n) is 3.28. The highest BCUT2D eigenvalue weighted by Gasteiger charge is 2.15. The monoisotopic (exact) mass is 402 g/mol. The molecule has 0 radical (unpaired) electrons. The fourth-order valence-electron chi connectivity index (χ4n) is 1.92. The number of benzene rings is 2. The van der Waals surface area contributed by atoms with Crippen molar-refractivity contribution in [1.29, 1.82) is 0 Å². The number of halogens is 2. The lowest BCUT2D eigenvalue weighted by Gasteiger charge is -2.09. The second kappa shape index (κ2) is 8.53. The van der Waals surface area contributed by atoms with Crippen LogP contribution in [0.2, 0.25) is 10.0 Å². The van der Waals surface area contributed by atoms with Crippen molar-refractivity contribution in [3.05, 3.63) is 58.1 Å². The molecule has 2 aromatic carbocycles. The molecule has 2 rings (SSSR count). The van der Waals surface area contributed by atoms with Gasteiger partial charge in [0.2, 0.25) is 15.9 Å². The molecule has 0 atom stereocenters. The van der Waals surface area contributed by atoms with Gasteiger partial charge in [-0.25, -0.2) is 13.1 Å². The first-order valence-corrected chi connectivity index (χ1v) is 9.40. The second-order valence-corrected chi connectivity index (χ2v) is 7.62. The Morgan fingerprint density at radius 2 is 1.80 bits per heavy atom. The maximum Gasteiger partial charge on any atom is 0.241 e. The standard InChI is InChI=1S/C16H16Cl2N2O4S/c1-24-13-4-6-14(7-5-13)25(22,23)20-10-16(21)19-9-11-2-3-12(17)8-15(11)18/h2-8,20H,9-10H2,1H3,(H,19,21). The lowest BCUT2D eigenvalue weighted by atomic mass is 10.2. The van der Waals surface area contributed by atoms with Crippen LogP contribution >= 0.6 is 23.2 Å². The van der Waals surface area contributed by atoms with Gasteiger partial charge in [-0.2, -0.15) is 0 Å². The van der Waals surface area contributed by atoms with Crippen molar-refractivity contribution in [2.75, 3.05) is 13.7 Å². The number of amides is 1. The summed E-state index contributed by atoms with van der Waals surface area (Å²) in [6.45, 7) is -0.224. The highest BCUT2D eigenvalue weighted by Crippen LogP contribution is 2.20.